The number of aryl methyl sites for hydroxylation is 1. The molecule has 0 amide bonds. The topological polar surface area (TPSA) is 90.2 Å². The van der Waals surface area contributed by atoms with Gasteiger partial charge in [-0.05, 0) is 37.3 Å². The van der Waals surface area contributed by atoms with Crippen LogP contribution in [0.5, 0.6) is 5.75 Å². The van der Waals surface area contributed by atoms with E-state index in [1.807, 2.05) is 31.2 Å². The van der Waals surface area contributed by atoms with Gasteiger partial charge >= 0.3 is 5.69 Å². The van der Waals surface area contributed by atoms with E-state index in [4.69, 9.17) is 16.3 Å². The molecule has 0 unspecified atom stereocenters. The summed E-state index contributed by atoms with van der Waals surface area (Å²) in [6, 6.07) is 12.6. The average molecular weight is 403 g/mol. The molecule has 0 aliphatic rings. The van der Waals surface area contributed by atoms with E-state index in [-0.39, 0.29) is 16.5 Å². The smallest absolute Gasteiger partial charge is 0.343 e. The molecule has 138 valence electrons. The zero-order valence-corrected chi connectivity index (χ0v) is 16.0. The zero-order valence-electron chi connectivity index (χ0n) is 14.5. The normalized spacial score (nSPS) is 10.5. The van der Waals surface area contributed by atoms with E-state index in [9.17, 15) is 10.1 Å². The molecule has 0 fully saturated rings. The van der Waals surface area contributed by atoms with Gasteiger partial charge in [0, 0.05) is 9.92 Å². The van der Waals surface area contributed by atoms with Gasteiger partial charge < -0.3 is 10.1 Å². The second-order valence-electron chi connectivity index (χ2n) is 5.52. The molecule has 0 aliphatic carbocycles. The summed E-state index contributed by atoms with van der Waals surface area (Å²) in [4.78, 5) is 20.2. The number of aromatic nitrogens is 2. The summed E-state index contributed by atoms with van der Waals surface area (Å²) in [5.41, 5.74) is 1.36. The van der Waals surface area contributed by atoms with Gasteiger partial charge in [0.25, 0.3) is 0 Å². The predicted octanol–water partition coefficient (Wildman–Crippen LogP) is 5.25. The Morgan fingerprint density at radius 1 is 1.19 bits per heavy atom. The third-order valence-electron chi connectivity index (χ3n) is 3.62. The van der Waals surface area contributed by atoms with E-state index in [0.717, 1.165) is 10.5 Å². The maximum atomic E-state index is 11.7. The van der Waals surface area contributed by atoms with Crippen LogP contribution in [0.2, 0.25) is 5.02 Å². The first kappa shape index (κ1) is 18.9. The van der Waals surface area contributed by atoms with E-state index < -0.39 is 4.92 Å². The quantitative estimate of drug-likeness (QED) is 0.342. The summed E-state index contributed by atoms with van der Waals surface area (Å²) in [5.74, 6) is 0.547. The minimum absolute atomic E-state index is 0.0604. The average Bonchev–Trinajstić information content (AvgIpc) is 2.64. The van der Waals surface area contributed by atoms with E-state index >= 15 is 0 Å². The third kappa shape index (κ3) is 4.47. The van der Waals surface area contributed by atoms with Crippen LogP contribution < -0.4 is 10.1 Å². The van der Waals surface area contributed by atoms with Crippen LogP contribution in [-0.2, 0) is 0 Å². The summed E-state index contributed by atoms with van der Waals surface area (Å²) >= 11 is 7.23. The second-order valence-corrected chi connectivity index (χ2v) is 7.02. The molecule has 1 aromatic heterocycles. The van der Waals surface area contributed by atoms with Gasteiger partial charge in [0.05, 0.1) is 17.7 Å². The molecule has 2 aromatic carbocycles. The maximum absolute atomic E-state index is 11.7. The Labute approximate surface area is 164 Å². The van der Waals surface area contributed by atoms with Crippen LogP contribution in [0, 0.1) is 17.0 Å². The van der Waals surface area contributed by atoms with Crippen molar-refractivity contribution < 1.29 is 9.66 Å². The van der Waals surface area contributed by atoms with Crippen LogP contribution in [0.15, 0.2) is 58.7 Å². The number of anilines is 2. The van der Waals surface area contributed by atoms with Crippen LogP contribution in [0.1, 0.15) is 5.56 Å². The molecule has 0 atom stereocenters. The number of halogens is 1. The highest BCUT2D eigenvalue weighted by atomic mass is 35.5. The maximum Gasteiger partial charge on any atom is 0.343 e. The van der Waals surface area contributed by atoms with E-state index in [2.05, 4.69) is 15.3 Å². The SMILES string of the molecule is COc1ccc(Cl)cc1Nc1ncnc(Sc2ccc(C)cc2)c1[N+](=O)[O-]. The molecular weight excluding hydrogens is 388 g/mol. The van der Waals surface area contributed by atoms with Gasteiger partial charge in [-0.2, -0.15) is 0 Å². The van der Waals surface area contributed by atoms with Gasteiger partial charge in [0.2, 0.25) is 5.82 Å². The Kier molecular flexibility index (Phi) is 5.78. The Hall–Kier alpha value is -2.84. The first-order valence-corrected chi connectivity index (χ1v) is 9.02. The number of nitro groups is 1. The minimum Gasteiger partial charge on any atom is -0.495 e. The monoisotopic (exact) mass is 402 g/mol. The van der Waals surface area contributed by atoms with E-state index in [1.165, 1.54) is 25.2 Å². The van der Waals surface area contributed by atoms with Crippen LogP contribution in [0.4, 0.5) is 17.2 Å². The molecule has 0 aliphatic heterocycles. The van der Waals surface area contributed by atoms with Crippen molar-refractivity contribution in [3.05, 3.63) is 69.5 Å². The number of benzene rings is 2. The fourth-order valence-electron chi connectivity index (χ4n) is 2.32. The second kappa shape index (κ2) is 8.24. The number of hydrogen-bond acceptors (Lipinski definition) is 7. The highest BCUT2D eigenvalue weighted by Gasteiger charge is 2.24. The molecule has 7 nitrogen and oxygen atoms in total. The fraction of sp³-hybridized carbons (Fsp3) is 0.111. The first-order chi connectivity index (χ1) is 13.0. The lowest BCUT2D eigenvalue weighted by atomic mass is 10.2. The van der Waals surface area contributed by atoms with Gasteiger partial charge in [-0.25, -0.2) is 9.97 Å². The Balaban J connectivity index is 2.00. The van der Waals surface area contributed by atoms with Crippen molar-refractivity contribution in [1.29, 1.82) is 0 Å². The van der Waals surface area contributed by atoms with Crippen molar-refractivity contribution in [3.63, 3.8) is 0 Å². The van der Waals surface area contributed by atoms with Crippen molar-refractivity contribution in [2.45, 2.75) is 16.8 Å². The molecule has 9 heteroatoms. The highest BCUT2D eigenvalue weighted by molar-refractivity contribution is 7.99. The molecule has 0 radical (unpaired) electrons. The molecule has 27 heavy (non-hydrogen) atoms. The van der Waals surface area contributed by atoms with Crippen LogP contribution in [0.25, 0.3) is 0 Å². The number of nitrogens with one attached hydrogen (secondary N) is 1. The van der Waals surface area contributed by atoms with Crippen LogP contribution in [0.3, 0.4) is 0 Å². The number of rotatable bonds is 6. The van der Waals surface area contributed by atoms with Crippen LogP contribution >= 0.6 is 23.4 Å². The molecule has 0 saturated heterocycles. The van der Waals surface area contributed by atoms with Gasteiger partial charge in [-0.3, -0.25) is 10.1 Å². The molecule has 3 aromatic rings. The van der Waals surface area contributed by atoms with Gasteiger partial charge in [-0.1, -0.05) is 41.1 Å². The minimum atomic E-state index is -0.504. The lowest BCUT2D eigenvalue weighted by molar-refractivity contribution is -0.387. The van der Waals surface area contributed by atoms with Crippen molar-refractivity contribution in [1.82, 2.24) is 9.97 Å². The Bertz CT molecular complexity index is 983. The summed E-state index contributed by atoms with van der Waals surface area (Å²) < 4.78 is 5.27. The number of nitrogens with zero attached hydrogens (tertiary/aromatic N) is 3. The summed E-state index contributed by atoms with van der Waals surface area (Å²) in [7, 11) is 1.50. The highest BCUT2D eigenvalue weighted by Crippen LogP contribution is 2.39. The van der Waals surface area contributed by atoms with Crippen molar-refractivity contribution in [3.8, 4) is 5.75 Å². The van der Waals surface area contributed by atoms with Gasteiger partial charge in [0.1, 0.15) is 12.1 Å². The lowest BCUT2D eigenvalue weighted by Gasteiger charge is -2.12. The van der Waals surface area contributed by atoms with Crippen LogP contribution in [-0.4, -0.2) is 22.0 Å². The van der Waals surface area contributed by atoms with E-state index in [1.54, 1.807) is 18.2 Å². The van der Waals surface area contributed by atoms with Crippen molar-refractivity contribution >= 4 is 40.6 Å². The molecule has 1 heterocycles. The largest absolute Gasteiger partial charge is 0.495 e. The fourth-order valence-corrected chi connectivity index (χ4v) is 3.35. The Morgan fingerprint density at radius 3 is 2.59 bits per heavy atom. The summed E-state index contributed by atoms with van der Waals surface area (Å²) in [6.45, 7) is 1.97. The lowest BCUT2D eigenvalue weighted by Crippen LogP contribution is -2.03. The first-order valence-electron chi connectivity index (χ1n) is 7.82. The summed E-state index contributed by atoms with van der Waals surface area (Å²) in [6.07, 6.45) is 1.28. The zero-order chi connectivity index (χ0) is 19.4. The van der Waals surface area contributed by atoms with E-state index in [0.29, 0.717) is 16.5 Å². The molecule has 0 saturated carbocycles. The van der Waals surface area contributed by atoms with Crippen molar-refractivity contribution in [2.24, 2.45) is 0 Å². The number of ether oxygens (including phenoxy) is 1. The van der Waals surface area contributed by atoms with Gasteiger partial charge in [-0.15, -0.1) is 0 Å². The third-order valence-corrected chi connectivity index (χ3v) is 4.86. The molecule has 1 N–H and O–H groups in total. The summed E-state index contributed by atoms with van der Waals surface area (Å²) in [5, 5.41) is 15.3. The Morgan fingerprint density at radius 2 is 1.93 bits per heavy atom. The molecular formula is C18H15ClN4O3S. The number of methoxy groups -OCH3 is 1. The number of hydrogen-bond donors (Lipinski definition) is 1. The molecule has 0 bridgehead atoms. The predicted molar refractivity (Wildman–Crippen MR) is 105 cm³/mol. The van der Waals surface area contributed by atoms with Gasteiger partial charge in [0.15, 0.2) is 5.03 Å². The van der Waals surface area contributed by atoms with Crippen molar-refractivity contribution in [2.75, 3.05) is 12.4 Å². The molecule has 3 rings (SSSR count). The molecule has 0 spiro atoms. The standard InChI is InChI=1S/C18H15ClN4O3S/c1-11-3-6-13(7-4-11)27-18-16(23(24)25)17(20-10-21-18)22-14-9-12(19)5-8-15(14)26-2/h3-10H,1-2H3,(H,20,21,22).